The summed E-state index contributed by atoms with van der Waals surface area (Å²) in [5.74, 6) is 0. The lowest BCUT2D eigenvalue weighted by Gasteiger charge is -2.14. The number of rotatable bonds is 7. The Morgan fingerprint density at radius 1 is 0.480 bits per heavy atom. The fraction of sp³-hybridized carbons (Fsp3) is 0.0625. The highest BCUT2D eigenvalue weighted by Crippen LogP contribution is 2.40. The number of hydrogen-bond acceptors (Lipinski definition) is 1. The van der Waals surface area contributed by atoms with Crippen molar-refractivity contribution >= 4 is 32.6 Å². The van der Waals surface area contributed by atoms with Gasteiger partial charge in [0.1, 0.15) is 0 Å². The van der Waals surface area contributed by atoms with E-state index in [0.717, 1.165) is 35.4 Å². The molecule has 0 fully saturated rings. The van der Waals surface area contributed by atoms with Crippen molar-refractivity contribution < 1.29 is 0 Å². The summed E-state index contributed by atoms with van der Waals surface area (Å²) in [6.45, 7) is 2.26. The maximum absolute atomic E-state index is 4.96. The van der Waals surface area contributed by atoms with E-state index in [2.05, 4.69) is 181 Å². The molecule has 0 N–H and O–H groups in total. The zero-order chi connectivity index (χ0) is 33.4. The standard InChI is InChI=1S/C48H36N2/c1-33-31-47-43(48-41-20-11-9-14-36(41)29-30-46(48)50(47)39-17-6-3-7-18-39)32-42(33)40-19-10-8-13-35(40)26-23-34-24-27-38(28-25-34)45-22-12-21-44(49-45)37-15-4-2-5-16-37/h2-22,24-25,27-32H,23,26H2,1H3. The van der Waals surface area contributed by atoms with E-state index in [0.29, 0.717) is 0 Å². The summed E-state index contributed by atoms with van der Waals surface area (Å²) >= 11 is 0. The second kappa shape index (κ2) is 12.7. The van der Waals surface area contributed by atoms with Crippen LogP contribution in [0.2, 0.25) is 0 Å². The first kappa shape index (κ1) is 29.9. The van der Waals surface area contributed by atoms with Crippen LogP contribution in [-0.4, -0.2) is 9.55 Å². The Balaban J connectivity index is 1.07. The van der Waals surface area contributed by atoms with E-state index in [1.807, 2.05) is 6.07 Å². The molecular weight excluding hydrogens is 605 g/mol. The normalized spacial score (nSPS) is 11.5. The molecule has 0 atom stereocenters. The molecule has 0 unspecified atom stereocenters. The van der Waals surface area contributed by atoms with E-state index >= 15 is 0 Å². The van der Waals surface area contributed by atoms with Crippen LogP contribution in [0.3, 0.4) is 0 Å². The molecule has 0 radical (unpaired) electrons. The number of aryl methyl sites for hydroxylation is 3. The predicted molar refractivity (Wildman–Crippen MR) is 211 cm³/mol. The first-order valence-electron chi connectivity index (χ1n) is 17.4. The molecule has 0 amide bonds. The van der Waals surface area contributed by atoms with Crippen molar-refractivity contribution in [2.45, 2.75) is 19.8 Å². The summed E-state index contributed by atoms with van der Waals surface area (Å²) in [5, 5.41) is 5.15. The molecule has 0 aliphatic carbocycles. The Bertz CT molecular complexity index is 2630. The van der Waals surface area contributed by atoms with Crippen molar-refractivity contribution in [2.24, 2.45) is 0 Å². The van der Waals surface area contributed by atoms with Crippen LogP contribution in [0.25, 0.3) is 71.9 Å². The van der Waals surface area contributed by atoms with Gasteiger partial charge in [0.05, 0.1) is 22.4 Å². The maximum Gasteiger partial charge on any atom is 0.0709 e. The summed E-state index contributed by atoms with van der Waals surface area (Å²) in [4.78, 5) is 4.96. The van der Waals surface area contributed by atoms with E-state index in [4.69, 9.17) is 4.98 Å². The highest BCUT2D eigenvalue weighted by Gasteiger charge is 2.18. The minimum absolute atomic E-state index is 0.962. The average molecular weight is 641 g/mol. The van der Waals surface area contributed by atoms with Gasteiger partial charge < -0.3 is 4.57 Å². The van der Waals surface area contributed by atoms with E-state index in [1.165, 1.54) is 66.1 Å². The van der Waals surface area contributed by atoms with Crippen LogP contribution in [0.4, 0.5) is 0 Å². The number of pyridine rings is 1. The van der Waals surface area contributed by atoms with Gasteiger partial charge in [0.2, 0.25) is 0 Å². The molecule has 238 valence electrons. The van der Waals surface area contributed by atoms with Gasteiger partial charge in [-0.15, -0.1) is 0 Å². The zero-order valence-electron chi connectivity index (χ0n) is 28.1. The molecule has 2 heterocycles. The van der Waals surface area contributed by atoms with Crippen molar-refractivity contribution in [3.63, 3.8) is 0 Å². The molecule has 9 aromatic rings. The maximum atomic E-state index is 4.96. The molecule has 0 spiro atoms. The quantitative estimate of drug-likeness (QED) is 0.169. The first-order valence-corrected chi connectivity index (χ1v) is 17.4. The van der Waals surface area contributed by atoms with Crippen LogP contribution in [0.1, 0.15) is 16.7 Å². The van der Waals surface area contributed by atoms with Gasteiger partial charge in [0.15, 0.2) is 0 Å². The van der Waals surface area contributed by atoms with Crippen molar-refractivity contribution in [1.82, 2.24) is 9.55 Å². The minimum atomic E-state index is 0.962. The SMILES string of the molecule is Cc1cc2c(cc1-c1ccccc1CCc1ccc(-c3cccc(-c4ccccc4)n3)cc1)c1c3ccccc3ccc1n2-c1ccccc1. The lowest BCUT2D eigenvalue weighted by molar-refractivity contribution is 0.962. The van der Waals surface area contributed by atoms with Gasteiger partial charge in [0, 0.05) is 27.6 Å². The van der Waals surface area contributed by atoms with E-state index in [-0.39, 0.29) is 0 Å². The Kier molecular flexibility index (Phi) is 7.55. The Hall–Kier alpha value is -6.25. The average Bonchev–Trinajstić information content (AvgIpc) is 3.51. The second-order valence-electron chi connectivity index (χ2n) is 13.2. The van der Waals surface area contributed by atoms with Crippen LogP contribution < -0.4 is 0 Å². The van der Waals surface area contributed by atoms with Crippen LogP contribution in [-0.2, 0) is 12.8 Å². The third-order valence-electron chi connectivity index (χ3n) is 10.1. The monoisotopic (exact) mass is 640 g/mol. The van der Waals surface area contributed by atoms with Crippen LogP contribution in [0.5, 0.6) is 0 Å². The number of hydrogen-bond donors (Lipinski definition) is 0. The van der Waals surface area contributed by atoms with Crippen molar-refractivity contribution in [2.75, 3.05) is 0 Å². The van der Waals surface area contributed by atoms with Crippen LogP contribution in [0, 0.1) is 6.92 Å². The first-order chi connectivity index (χ1) is 24.7. The van der Waals surface area contributed by atoms with Gasteiger partial charge in [-0.05, 0) is 101 Å². The molecule has 0 aliphatic rings. The lowest BCUT2D eigenvalue weighted by Crippen LogP contribution is -1.97. The molecule has 7 aromatic carbocycles. The summed E-state index contributed by atoms with van der Waals surface area (Å²) in [7, 11) is 0. The zero-order valence-corrected chi connectivity index (χ0v) is 28.1. The van der Waals surface area contributed by atoms with Gasteiger partial charge in [-0.25, -0.2) is 4.98 Å². The number of para-hydroxylation sites is 1. The summed E-state index contributed by atoms with van der Waals surface area (Å²) in [6.07, 6.45) is 1.93. The van der Waals surface area contributed by atoms with Crippen molar-refractivity contribution in [3.05, 3.63) is 193 Å². The third-order valence-corrected chi connectivity index (χ3v) is 10.1. The third kappa shape index (κ3) is 5.36. The molecule has 2 aromatic heterocycles. The van der Waals surface area contributed by atoms with E-state index < -0.39 is 0 Å². The van der Waals surface area contributed by atoms with E-state index in [9.17, 15) is 0 Å². The van der Waals surface area contributed by atoms with Gasteiger partial charge in [0.25, 0.3) is 0 Å². The smallest absolute Gasteiger partial charge is 0.0709 e. The second-order valence-corrected chi connectivity index (χ2v) is 13.2. The fourth-order valence-corrected chi connectivity index (χ4v) is 7.57. The van der Waals surface area contributed by atoms with Crippen LogP contribution >= 0.6 is 0 Å². The molecule has 9 rings (SSSR count). The van der Waals surface area contributed by atoms with Gasteiger partial charge in [-0.1, -0.05) is 133 Å². The molecule has 0 aliphatic heterocycles. The van der Waals surface area contributed by atoms with Crippen molar-refractivity contribution in [3.8, 4) is 39.3 Å². The highest BCUT2D eigenvalue weighted by atomic mass is 15.0. The number of aromatic nitrogens is 2. The Morgan fingerprint density at radius 2 is 1.16 bits per heavy atom. The van der Waals surface area contributed by atoms with Crippen LogP contribution in [0.15, 0.2) is 176 Å². The molecule has 0 bridgehead atoms. The molecule has 2 heteroatoms. The summed E-state index contributed by atoms with van der Waals surface area (Å²) in [5.41, 5.74) is 14.5. The minimum Gasteiger partial charge on any atom is -0.309 e. The highest BCUT2D eigenvalue weighted by molar-refractivity contribution is 6.22. The predicted octanol–water partition coefficient (Wildman–Crippen LogP) is 12.4. The number of fused-ring (bicyclic) bond motifs is 5. The molecule has 2 nitrogen and oxygen atoms in total. The molecule has 0 saturated carbocycles. The largest absolute Gasteiger partial charge is 0.309 e. The van der Waals surface area contributed by atoms with Gasteiger partial charge in [-0.2, -0.15) is 0 Å². The molecular formula is C48H36N2. The fourth-order valence-electron chi connectivity index (χ4n) is 7.57. The Morgan fingerprint density at radius 3 is 1.96 bits per heavy atom. The lowest BCUT2D eigenvalue weighted by atomic mass is 9.91. The topological polar surface area (TPSA) is 17.8 Å². The van der Waals surface area contributed by atoms with Gasteiger partial charge in [-0.3, -0.25) is 0 Å². The Labute approximate surface area is 292 Å². The molecule has 0 saturated heterocycles. The number of nitrogens with zero attached hydrogens (tertiary/aromatic N) is 2. The van der Waals surface area contributed by atoms with E-state index in [1.54, 1.807) is 0 Å². The molecule has 50 heavy (non-hydrogen) atoms. The van der Waals surface area contributed by atoms with Crippen molar-refractivity contribution in [1.29, 1.82) is 0 Å². The number of benzene rings is 7. The van der Waals surface area contributed by atoms with Gasteiger partial charge >= 0.3 is 0 Å². The summed E-state index contributed by atoms with van der Waals surface area (Å²) in [6, 6.07) is 63.4. The summed E-state index contributed by atoms with van der Waals surface area (Å²) < 4.78 is 2.43.